The second-order valence-electron chi connectivity index (χ2n) is 1.22. The molecule has 0 aliphatic carbocycles. The molecule has 0 N–H and O–H groups in total. The zero-order valence-corrected chi connectivity index (χ0v) is 4.26. The molecule has 0 aromatic carbocycles. The lowest BCUT2D eigenvalue weighted by molar-refractivity contribution is -0.210. The zero-order chi connectivity index (χ0) is 5.82. The first-order valence-corrected chi connectivity index (χ1v) is 2.17. The molecule has 2 heteroatoms. The van der Waals surface area contributed by atoms with Gasteiger partial charge in [-0.3, -0.25) is 9.78 Å². The van der Waals surface area contributed by atoms with E-state index in [1.807, 2.05) is 0 Å². The number of hydrogen-bond donors (Lipinski definition) is 0. The van der Waals surface area contributed by atoms with Gasteiger partial charge in [-0.15, -0.1) is 0 Å². The van der Waals surface area contributed by atoms with Crippen molar-refractivity contribution in [2.45, 2.75) is 0 Å². The molecule has 8 heavy (non-hydrogen) atoms. The quantitative estimate of drug-likeness (QED) is 0.473. The van der Waals surface area contributed by atoms with Gasteiger partial charge in [-0.2, -0.15) is 0 Å². The van der Waals surface area contributed by atoms with E-state index < -0.39 is 0 Å². The Balaban J connectivity index is 2.63. The molecule has 0 spiro atoms. The number of allylic oxidation sites excluding steroid dienone is 3. The highest BCUT2D eigenvalue weighted by Gasteiger charge is 1.93. The molecule has 0 aromatic heterocycles. The van der Waals surface area contributed by atoms with Crippen molar-refractivity contribution in [2.24, 2.45) is 0 Å². The Morgan fingerprint density at radius 2 is 2.50 bits per heavy atom. The van der Waals surface area contributed by atoms with Crippen molar-refractivity contribution in [1.82, 2.24) is 0 Å². The predicted molar refractivity (Wildman–Crippen MR) is 28.3 cm³/mol. The Kier molecular flexibility index (Phi) is 1.37. The maximum atomic E-state index is 4.53. The van der Waals surface area contributed by atoms with Crippen molar-refractivity contribution in [3.8, 4) is 0 Å². The molecule has 41 valence electrons. The van der Waals surface area contributed by atoms with Crippen LogP contribution in [0.3, 0.4) is 0 Å². The first-order valence-electron chi connectivity index (χ1n) is 2.17. The minimum Gasteiger partial charge on any atom is -0.298 e. The molecule has 1 heterocycles. The van der Waals surface area contributed by atoms with E-state index in [0.717, 1.165) is 0 Å². The molecule has 1 rings (SSSR count). The fraction of sp³-hybridized carbons (Fsp3) is 0. The van der Waals surface area contributed by atoms with Crippen LogP contribution >= 0.6 is 0 Å². The van der Waals surface area contributed by atoms with E-state index in [1.54, 1.807) is 12.2 Å². The maximum Gasteiger partial charge on any atom is 0.186 e. The first-order chi connectivity index (χ1) is 3.93. The number of hydrogen-bond acceptors (Lipinski definition) is 2. The van der Waals surface area contributed by atoms with Gasteiger partial charge in [0.1, 0.15) is 6.26 Å². The van der Waals surface area contributed by atoms with Crippen molar-refractivity contribution in [1.29, 1.82) is 0 Å². The molecule has 0 saturated heterocycles. The Morgan fingerprint density at radius 3 is 2.88 bits per heavy atom. The Labute approximate surface area is 47.6 Å². The highest BCUT2D eigenvalue weighted by molar-refractivity contribution is 5.12. The van der Waals surface area contributed by atoms with Gasteiger partial charge in [0.15, 0.2) is 5.76 Å². The second-order valence-corrected chi connectivity index (χ2v) is 1.22. The van der Waals surface area contributed by atoms with Gasteiger partial charge in [-0.1, -0.05) is 6.58 Å². The topological polar surface area (TPSA) is 18.5 Å². The lowest BCUT2D eigenvalue weighted by Gasteiger charge is -2.02. The summed E-state index contributed by atoms with van der Waals surface area (Å²) in [4.78, 5) is 8.95. The summed E-state index contributed by atoms with van der Waals surface area (Å²) in [5, 5.41) is 0. The van der Waals surface area contributed by atoms with E-state index in [9.17, 15) is 0 Å². The normalized spacial score (nSPS) is 15.8. The van der Waals surface area contributed by atoms with Crippen LogP contribution in [-0.4, -0.2) is 0 Å². The fourth-order valence-corrected chi connectivity index (χ4v) is 0.355. The van der Waals surface area contributed by atoms with Gasteiger partial charge in [0.2, 0.25) is 0 Å². The fourth-order valence-electron chi connectivity index (χ4n) is 0.355. The van der Waals surface area contributed by atoms with Gasteiger partial charge < -0.3 is 0 Å². The summed E-state index contributed by atoms with van der Waals surface area (Å²) in [6, 6.07) is 0. The summed E-state index contributed by atoms with van der Waals surface area (Å²) < 4.78 is 0. The summed E-state index contributed by atoms with van der Waals surface area (Å²) in [5.41, 5.74) is 0. The van der Waals surface area contributed by atoms with Crippen LogP contribution in [0.1, 0.15) is 0 Å². The Bertz CT molecular complexity index is 145. The summed E-state index contributed by atoms with van der Waals surface area (Å²) in [5.74, 6) is 0.507. The van der Waals surface area contributed by atoms with Crippen LogP contribution in [0.4, 0.5) is 0 Å². The van der Waals surface area contributed by atoms with Crippen molar-refractivity contribution < 1.29 is 9.78 Å². The van der Waals surface area contributed by atoms with Crippen LogP contribution < -0.4 is 0 Å². The van der Waals surface area contributed by atoms with Gasteiger partial charge in [0.05, 0.1) is 0 Å². The third-order valence-corrected chi connectivity index (χ3v) is 0.694. The molecule has 1 aliphatic heterocycles. The molecule has 1 aliphatic rings. The third kappa shape index (κ3) is 0.904. The summed E-state index contributed by atoms with van der Waals surface area (Å²) in [6.07, 6.45) is 7.36. The highest BCUT2D eigenvalue weighted by Crippen LogP contribution is 2.03. The van der Waals surface area contributed by atoms with Crippen LogP contribution in [-0.2, 0) is 9.78 Å². The van der Waals surface area contributed by atoms with Crippen molar-refractivity contribution in [3.05, 3.63) is 36.8 Å². The van der Waals surface area contributed by atoms with Crippen molar-refractivity contribution in [2.75, 3.05) is 0 Å². The minimum atomic E-state index is 0.507. The van der Waals surface area contributed by atoms with Gasteiger partial charge in [0, 0.05) is 6.08 Å². The molecule has 0 atom stereocenters. The van der Waals surface area contributed by atoms with Gasteiger partial charge in [-0.05, 0) is 12.2 Å². The van der Waals surface area contributed by atoms with Crippen LogP contribution in [0, 0.1) is 6.08 Å². The molecule has 0 aromatic rings. The van der Waals surface area contributed by atoms with E-state index in [2.05, 4.69) is 22.4 Å². The van der Waals surface area contributed by atoms with Gasteiger partial charge in [-0.25, -0.2) is 0 Å². The predicted octanol–water partition coefficient (Wildman–Crippen LogP) is 1.33. The van der Waals surface area contributed by atoms with Gasteiger partial charge >= 0.3 is 0 Å². The maximum absolute atomic E-state index is 4.53. The van der Waals surface area contributed by atoms with Crippen LogP contribution in [0.5, 0.6) is 0 Å². The highest BCUT2D eigenvalue weighted by atomic mass is 17.2. The molecule has 2 nitrogen and oxygen atoms in total. The summed E-state index contributed by atoms with van der Waals surface area (Å²) in [7, 11) is 0. The third-order valence-electron chi connectivity index (χ3n) is 0.694. The standard InChI is InChI=1S/C6H5O2/c1-2-6-4-3-5-7-8-6/h3-5H,1H2. The Morgan fingerprint density at radius 1 is 1.62 bits per heavy atom. The van der Waals surface area contributed by atoms with Gasteiger partial charge in [0.25, 0.3) is 0 Å². The largest absolute Gasteiger partial charge is 0.298 e. The first kappa shape index (κ1) is 4.97. The van der Waals surface area contributed by atoms with Crippen LogP contribution in [0.2, 0.25) is 0 Å². The van der Waals surface area contributed by atoms with Crippen molar-refractivity contribution >= 4 is 0 Å². The van der Waals surface area contributed by atoms with Crippen molar-refractivity contribution in [3.63, 3.8) is 0 Å². The van der Waals surface area contributed by atoms with E-state index in [0.29, 0.717) is 5.76 Å². The van der Waals surface area contributed by atoms with E-state index in [1.165, 1.54) is 6.26 Å². The Hall–Kier alpha value is -1.18. The molecular formula is C6H5O2. The molecule has 0 bridgehead atoms. The average Bonchev–Trinajstić information content (AvgIpc) is 1.90. The SMILES string of the molecule is C=[C]C1=CC=COO1. The average molecular weight is 109 g/mol. The number of rotatable bonds is 1. The van der Waals surface area contributed by atoms with Crippen LogP contribution in [0.25, 0.3) is 0 Å². The van der Waals surface area contributed by atoms with E-state index in [-0.39, 0.29) is 0 Å². The minimum absolute atomic E-state index is 0.507. The van der Waals surface area contributed by atoms with E-state index in [4.69, 9.17) is 0 Å². The lowest BCUT2D eigenvalue weighted by Crippen LogP contribution is -1.89. The lowest BCUT2D eigenvalue weighted by atomic mass is 10.4. The molecule has 1 radical (unpaired) electrons. The molecule has 0 saturated carbocycles. The summed E-state index contributed by atoms with van der Waals surface area (Å²) >= 11 is 0. The summed E-state index contributed by atoms with van der Waals surface area (Å²) in [6.45, 7) is 3.35. The molecule has 0 unspecified atom stereocenters. The molecule has 0 amide bonds. The molecule has 0 fully saturated rings. The molecular weight excluding hydrogens is 104 g/mol. The monoisotopic (exact) mass is 109 g/mol. The second kappa shape index (κ2) is 2.21. The van der Waals surface area contributed by atoms with Crippen LogP contribution in [0.15, 0.2) is 30.8 Å². The van der Waals surface area contributed by atoms with E-state index >= 15 is 0 Å². The smallest absolute Gasteiger partial charge is 0.186 e. The zero-order valence-electron chi connectivity index (χ0n) is 4.26.